The molecule has 0 radical (unpaired) electrons. The molecule has 0 aliphatic heterocycles. The minimum atomic E-state index is -0.447. The molecule has 0 unspecified atom stereocenters. The highest BCUT2D eigenvalue weighted by Gasteiger charge is 2.19. The van der Waals surface area contributed by atoms with Gasteiger partial charge in [-0.1, -0.05) is 18.2 Å². The zero-order valence-electron chi connectivity index (χ0n) is 19.2. The first kappa shape index (κ1) is 22.9. The number of carbonyl (C=O) groups excluding carboxylic acids is 2. The Morgan fingerprint density at radius 2 is 1.76 bits per heavy atom. The van der Waals surface area contributed by atoms with Crippen LogP contribution in [0.25, 0.3) is 16.9 Å². The van der Waals surface area contributed by atoms with Crippen molar-refractivity contribution in [2.45, 2.75) is 33.2 Å². The van der Waals surface area contributed by atoms with Crippen molar-refractivity contribution in [3.05, 3.63) is 81.9 Å². The molecule has 0 saturated carbocycles. The fourth-order valence-corrected chi connectivity index (χ4v) is 3.78. The highest BCUT2D eigenvalue weighted by molar-refractivity contribution is 5.93. The lowest BCUT2D eigenvalue weighted by Crippen LogP contribution is -2.27. The summed E-state index contributed by atoms with van der Waals surface area (Å²) in [6, 6.07) is 16.0. The van der Waals surface area contributed by atoms with Crippen molar-refractivity contribution >= 4 is 28.7 Å². The van der Waals surface area contributed by atoms with Crippen LogP contribution in [0.4, 0.5) is 5.69 Å². The molecule has 174 valence electrons. The predicted molar refractivity (Wildman–Crippen MR) is 128 cm³/mol. The van der Waals surface area contributed by atoms with E-state index >= 15 is 0 Å². The van der Waals surface area contributed by atoms with E-state index in [0.717, 1.165) is 5.69 Å². The van der Waals surface area contributed by atoms with Gasteiger partial charge in [0.25, 0.3) is 5.56 Å². The summed E-state index contributed by atoms with van der Waals surface area (Å²) in [7, 11) is 1.31. The summed E-state index contributed by atoms with van der Waals surface area (Å²) in [4.78, 5) is 41.8. The Morgan fingerprint density at radius 3 is 2.41 bits per heavy atom. The van der Waals surface area contributed by atoms with E-state index in [1.165, 1.54) is 7.11 Å². The van der Waals surface area contributed by atoms with Gasteiger partial charge in [0.05, 0.1) is 24.1 Å². The van der Waals surface area contributed by atoms with Crippen LogP contribution in [0.2, 0.25) is 0 Å². The van der Waals surface area contributed by atoms with Gasteiger partial charge >= 0.3 is 5.97 Å². The number of hydrogen-bond acceptors (Lipinski definition) is 6. The smallest absolute Gasteiger partial charge is 0.337 e. The highest BCUT2D eigenvalue weighted by Crippen LogP contribution is 2.20. The number of nitrogens with zero attached hydrogens (tertiary/aromatic N) is 4. The molecule has 4 aromatic rings. The summed E-state index contributed by atoms with van der Waals surface area (Å²) in [5, 5.41) is 7.38. The maximum absolute atomic E-state index is 13.2. The van der Waals surface area contributed by atoms with Crippen LogP contribution in [0.1, 0.15) is 35.1 Å². The summed E-state index contributed by atoms with van der Waals surface area (Å²) in [6.45, 7) is 4.20. The van der Waals surface area contributed by atoms with E-state index < -0.39 is 5.97 Å². The molecule has 0 aliphatic rings. The maximum atomic E-state index is 13.2. The van der Waals surface area contributed by atoms with Crippen molar-refractivity contribution in [1.29, 1.82) is 0 Å². The van der Waals surface area contributed by atoms with Crippen molar-refractivity contribution < 1.29 is 14.3 Å². The number of aryl methyl sites for hydroxylation is 3. The molecule has 0 saturated heterocycles. The fourth-order valence-electron chi connectivity index (χ4n) is 3.78. The third-order valence-electron chi connectivity index (χ3n) is 5.50. The summed E-state index contributed by atoms with van der Waals surface area (Å²) >= 11 is 0. The lowest BCUT2D eigenvalue weighted by molar-refractivity contribution is -0.116. The molecular formula is C25H25N5O4. The minimum Gasteiger partial charge on any atom is -0.465 e. The summed E-state index contributed by atoms with van der Waals surface area (Å²) in [5.74, 6) is -0.704. The summed E-state index contributed by atoms with van der Waals surface area (Å²) in [5.41, 5.74) is 3.85. The van der Waals surface area contributed by atoms with Crippen LogP contribution in [-0.4, -0.2) is 38.3 Å². The fraction of sp³-hybridized carbons (Fsp3) is 0.240. The molecule has 9 heteroatoms. The molecule has 1 amide bonds. The van der Waals surface area contributed by atoms with E-state index in [-0.39, 0.29) is 24.3 Å². The Bertz CT molecular complexity index is 1410. The SMILES string of the molecule is CCn1c(=O)c(CCC(=O)Nc2ccc(C(=O)OC)cc2)nc2c(C)nn(-c3ccccc3)c21. The Kier molecular flexibility index (Phi) is 6.53. The minimum absolute atomic E-state index is 0.0854. The lowest BCUT2D eigenvalue weighted by atomic mass is 10.2. The van der Waals surface area contributed by atoms with Crippen molar-refractivity contribution in [1.82, 2.24) is 19.3 Å². The molecule has 1 N–H and O–H groups in total. The van der Waals surface area contributed by atoms with Crippen LogP contribution in [0.15, 0.2) is 59.4 Å². The number of ether oxygens (including phenoxy) is 1. The number of aromatic nitrogens is 4. The summed E-state index contributed by atoms with van der Waals surface area (Å²) < 4.78 is 8.05. The summed E-state index contributed by atoms with van der Waals surface area (Å²) in [6.07, 6.45) is 0.277. The number of hydrogen-bond donors (Lipinski definition) is 1. The van der Waals surface area contributed by atoms with E-state index in [1.807, 2.05) is 44.2 Å². The molecule has 2 heterocycles. The number of carbonyl (C=O) groups is 2. The number of benzene rings is 2. The van der Waals surface area contributed by atoms with E-state index in [4.69, 9.17) is 0 Å². The van der Waals surface area contributed by atoms with Gasteiger partial charge in [0, 0.05) is 25.1 Å². The van der Waals surface area contributed by atoms with E-state index in [9.17, 15) is 14.4 Å². The van der Waals surface area contributed by atoms with Crippen molar-refractivity contribution in [3.8, 4) is 5.69 Å². The molecular weight excluding hydrogens is 434 g/mol. The van der Waals surface area contributed by atoms with Crippen LogP contribution < -0.4 is 10.9 Å². The number of nitrogens with one attached hydrogen (secondary N) is 1. The third kappa shape index (κ3) is 4.45. The highest BCUT2D eigenvalue weighted by atomic mass is 16.5. The average Bonchev–Trinajstić information content (AvgIpc) is 3.19. The normalized spacial score (nSPS) is 10.9. The largest absolute Gasteiger partial charge is 0.465 e. The van der Waals surface area contributed by atoms with Gasteiger partial charge in [0.2, 0.25) is 5.91 Å². The molecule has 0 atom stereocenters. The molecule has 2 aromatic carbocycles. The van der Waals surface area contributed by atoms with Crippen molar-refractivity contribution in [3.63, 3.8) is 0 Å². The van der Waals surface area contributed by atoms with Crippen molar-refractivity contribution in [2.75, 3.05) is 12.4 Å². The quantitative estimate of drug-likeness (QED) is 0.425. The van der Waals surface area contributed by atoms with Gasteiger partial charge in [0.1, 0.15) is 11.2 Å². The Balaban J connectivity index is 1.56. The second-order valence-electron chi connectivity index (χ2n) is 7.73. The van der Waals surface area contributed by atoms with Crippen LogP contribution in [0.5, 0.6) is 0 Å². The topological polar surface area (TPSA) is 108 Å². The molecule has 0 spiro atoms. The Labute approximate surface area is 196 Å². The molecule has 0 aliphatic carbocycles. The van der Waals surface area contributed by atoms with E-state index in [0.29, 0.717) is 40.3 Å². The van der Waals surface area contributed by atoms with E-state index in [2.05, 4.69) is 20.1 Å². The van der Waals surface area contributed by atoms with Gasteiger partial charge in [-0.15, -0.1) is 0 Å². The molecule has 4 rings (SSSR count). The molecule has 0 bridgehead atoms. The number of rotatable bonds is 7. The van der Waals surface area contributed by atoms with Gasteiger partial charge in [-0.3, -0.25) is 14.2 Å². The standard InChI is InChI=1S/C25H25N5O4/c1-4-29-23-22(16(2)28-30(23)19-8-6-5-7-9-19)27-20(24(29)32)14-15-21(31)26-18-12-10-17(11-13-18)25(33)34-3/h5-13H,4,14-15H2,1-3H3,(H,26,31). The second-order valence-corrected chi connectivity index (χ2v) is 7.73. The van der Waals surface area contributed by atoms with Crippen LogP contribution in [0.3, 0.4) is 0 Å². The van der Waals surface area contributed by atoms with E-state index in [1.54, 1.807) is 33.5 Å². The number of methoxy groups -OCH3 is 1. The number of esters is 1. The van der Waals surface area contributed by atoms with Crippen LogP contribution in [0, 0.1) is 6.92 Å². The maximum Gasteiger partial charge on any atom is 0.337 e. The van der Waals surface area contributed by atoms with Gasteiger partial charge in [0.15, 0.2) is 5.65 Å². The Hall–Kier alpha value is -4.27. The zero-order chi connectivity index (χ0) is 24.2. The van der Waals surface area contributed by atoms with Gasteiger partial charge in [-0.25, -0.2) is 14.5 Å². The molecule has 9 nitrogen and oxygen atoms in total. The number of fused-ring (bicyclic) bond motifs is 1. The third-order valence-corrected chi connectivity index (χ3v) is 5.50. The first-order valence-electron chi connectivity index (χ1n) is 11.0. The van der Waals surface area contributed by atoms with Crippen molar-refractivity contribution in [2.24, 2.45) is 0 Å². The first-order valence-corrected chi connectivity index (χ1v) is 11.0. The van der Waals surface area contributed by atoms with Gasteiger partial charge in [-0.2, -0.15) is 5.10 Å². The number of anilines is 1. The molecule has 34 heavy (non-hydrogen) atoms. The zero-order valence-corrected chi connectivity index (χ0v) is 19.2. The predicted octanol–water partition coefficient (Wildman–Crippen LogP) is 3.27. The molecule has 0 fully saturated rings. The lowest BCUT2D eigenvalue weighted by Gasteiger charge is -2.11. The first-order chi connectivity index (χ1) is 16.4. The van der Waals surface area contributed by atoms with Gasteiger partial charge in [-0.05, 0) is 50.2 Å². The average molecular weight is 460 g/mol. The Morgan fingerprint density at radius 1 is 1.06 bits per heavy atom. The second kappa shape index (κ2) is 9.70. The van der Waals surface area contributed by atoms with Crippen LogP contribution >= 0.6 is 0 Å². The van der Waals surface area contributed by atoms with Crippen LogP contribution in [-0.2, 0) is 22.5 Å². The van der Waals surface area contributed by atoms with Gasteiger partial charge < -0.3 is 10.1 Å². The monoisotopic (exact) mass is 459 g/mol. The molecule has 2 aromatic heterocycles. The number of para-hydroxylation sites is 1. The number of amides is 1.